The predicted octanol–water partition coefficient (Wildman–Crippen LogP) is 4.60. The van der Waals surface area contributed by atoms with Crippen molar-refractivity contribution < 1.29 is 0 Å². The molecule has 2 aliphatic carbocycles. The molecule has 1 heteroatoms. The van der Waals surface area contributed by atoms with Gasteiger partial charge in [-0.3, -0.25) is 0 Å². The number of allylic oxidation sites excluding steroid dienone is 2. The molecule has 0 bridgehead atoms. The van der Waals surface area contributed by atoms with Crippen LogP contribution in [-0.4, -0.2) is 0 Å². The molecule has 1 nitrogen and oxygen atoms in total. The molecule has 1 aromatic carbocycles. The first-order valence-electron chi connectivity index (χ1n) is 7.32. The molecule has 0 aliphatic heterocycles. The fraction of sp³-hybridized carbons (Fsp3) is 0.500. The minimum atomic E-state index is 0.147. The molecule has 3 rings (SSSR count). The fourth-order valence-corrected chi connectivity index (χ4v) is 4.52. The first-order chi connectivity index (χ1) is 9.19. The average molecular weight is 251 g/mol. The van der Waals surface area contributed by atoms with Crippen molar-refractivity contribution in [3.05, 3.63) is 47.0 Å². The summed E-state index contributed by atoms with van der Waals surface area (Å²) in [5, 5.41) is 9.12. The summed E-state index contributed by atoms with van der Waals surface area (Å²) in [6, 6.07) is 13.3. The van der Waals surface area contributed by atoms with Gasteiger partial charge < -0.3 is 0 Å². The first kappa shape index (κ1) is 12.5. The van der Waals surface area contributed by atoms with Gasteiger partial charge in [-0.25, -0.2) is 0 Å². The standard InChI is InChI=1S/C18H21N/c1-13-15(11-12-19)16-9-6-10-17(16)18(13,2)14-7-4-3-5-8-14/h3-5,7-8,16-17H,6,9-11H2,1-2H3/t16-,17-,18-/m1/s1. The molecule has 0 saturated heterocycles. The lowest BCUT2D eigenvalue weighted by Crippen LogP contribution is -2.30. The molecule has 1 aromatic rings. The van der Waals surface area contributed by atoms with Crippen LogP contribution in [0, 0.1) is 23.2 Å². The van der Waals surface area contributed by atoms with Gasteiger partial charge in [-0.05, 0) is 37.2 Å². The monoisotopic (exact) mass is 251 g/mol. The molecule has 0 heterocycles. The van der Waals surface area contributed by atoms with Crippen LogP contribution in [-0.2, 0) is 5.41 Å². The Labute approximate surface area is 116 Å². The first-order valence-corrected chi connectivity index (χ1v) is 7.32. The van der Waals surface area contributed by atoms with Crippen LogP contribution in [0.5, 0.6) is 0 Å². The molecule has 19 heavy (non-hydrogen) atoms. The molecule has 3 atom stereocenters. The van der Waals surface area contributed by atoms with Crippen LogP contribution in [0.4, 0.5) is 0 Å². The maximum atomic E-state index is 9.12. The van der Waals surface area contributed by atoms with Gasteiger partial charge in [0.25, 0.3) is 0 Å². The molecule has 0 aromatic heterocycles. The third kappa shape index (κ3) is 1.66. The van der Waals surface area contributed by atoms with Crippen LogP contribution in [0.3, 0.4) is 0 Å². The van der Waals surface area contributed by atoms with Gasteiger partial charge in [-0.15, -0.1) is 0 Å². The summed E-state index contributed by atoms with van der Waals surface area (Å²) in [7, 11) is 0. The molecule has 1 fully saturated rings. The minimum Gasteiger partial charge on any atom is -0.198 e. The Bertz CT molecular complexity index is 549. The summed E-state index contributed by atoms with van der Waals surface area (Å²) in [5.74, 6) is 1.36. The highest BCUT2D eigenvalue weighted by Crippen LogP contribution is 2.58. The van der Waals surface area contributed by atoms with Crippen molar-refractivity contribution in [3.63, 3.8) is 0 Å². The van der Waals surface area contributed by atoms with Crippen molar-refractivity contribution >= 4 is 0 Å². The van der Waals surface area contributed by atoms with Gasteiger partial charge in [-0.1, -0.05) is 54.8 Å². The van der Waals surface area contributed by atoms with E-state index in [2.05, 4.69) is 50.2 Å². The molecule has 0 spiro atoms. The van der Waals surface area contributed by atoms with E-state index in [-0.39, 0.29) is 5.41 Å². The Hall–Kier alpha value is -1.55. The number of nitriles is 1. The Morgan fingerprint density at radius 2 is 2.00 bits per heavy atom. The third-order valence-corrected chi connectivity index (χ3v) is 5.61. The van der Waals surface area contributed by atoms with Gasteiger partial charge in [-0.2, -0.15) is 5.26 Å². The molecule has 0 radical (unpaired) electrons. The summed E-state index contributed by atoms with van der Waals surface area (Å²) < 4.78 is 0. The zero-order valence-electron chi connectivity index (χ0n) is 11.8. The smallest absolute Gasteiger partial charge is 0.0666 e. The number of hydrogen-bond donors (Lipinski definition) is 0. The van der Waals surface area contributed by atoms with E-state index < -0.39 is 0 Å². The Kier molecular flexibility index (Phi) is 2.97. The quantitative estimate of drug-likeness (QED) is 0.704. The van der Waals surface area contributed by atoms with Crippen LogP contribution in [0.25, 0.3) is 0 Å². The summed E-state index contributed by atoms with van der Waals surface area (Å²) in [6.07, 6.45) is 4.53. The topological polar surface area (TPSA) is 23.8 Å². The Morgan fingerprint density at radius 1 is 1.26 bits per heavy atom. The van der Waals surface area contributed by atoms with Crippen molar-refractivity contribution in [2.24, 2.45) is 11.8 Å². The second-order valence-electron chi connectivity index (χ2n) is 6.20. The highest BCUT2D eigenvalue weighted by atomic mass is 14.5. The minimum absolute atomic E-state index is 0.147. The third-order valence-electron chi connectivity index (χ3n) is 5.61. The van der Waals surface area contributed by atoms with E-state index in [0.717, 1.165) is 0 Å². The SMILES string of the molecule is CC1=C(CC#N)[C@H]2CCC[C@H]2[C@@]1(C)c1ccccc1. The van der Waals surface area contributed by atoms with Crippen molar-refractivity contribution in [1.29, 1.82) is 5.26 Å². The second-order valence-corrected chi connectivity index (χ2v) is 6.20. The maximum Gasteiger partial charge on any atom is 0.0666 e. The zero-order valence-corrected chi connectivity index (χ0v) is 11.8. The van der Waals surface area contributed by atoms with Crippen LogP contribution in [0.1, 0.15) is 45.1 Å². The molecular formula is C18H21N. The lowest BCUT2D eigenvalue weighted by Gasteiger charge is -2.34. The Balaban J connectivity index is 2.12. The van der Waals surface area contributed by atoms with Gasteiger partial charge in [0.15, 0.2) is 0 Å². The van der Waals surface area contributed by atoms with Crippen LogP contribution in [0.2, 0.25) is 0 Å². The fourth-order valence-electron chi connectivity index (χ4n) is 4.52. The lowest BCUT2D eigenvalue weighted by molar-refractivity contribution is 0.329. The normalized spacial score (nSPS) is 33.3. The number of hydrogen-bond acceptors (Lipinski definition) is 1. The van der Waals surface area contributed by atoms with E-state index in [1.807, 2.05) is 0 Å². The van der Waals surface area contributed by atoms with Crippen LogP contribution >= 0.6 is 0 Å². The molecule has 0 amide bonds. The van der Waals surface area contributed by atoms with Gasteiger partial charge in [0.2, 0.25) is 0 Å². The number of fused-ring (bicyclic) bond motifs is 1. The zero-order chi connectivity index (χ0) is 13.5. The highest BCUT2D eigenvalue weighted by Gasteiger charge is 2.51. The van der Waals surface area contributed by atoms with E-state index in [4.69, 9.17) is 5.26 Å². The van der Waals surface area contributed by atoms with Gasteiger partial charge in [0.1, 0.15) is 0 Å². The number of benzene rings is 1. The van der Waals surface area contributed by atoms with E-state index in [1.54, 1.807) is 0 Å². The van der Waals surface area contributed by atoms with Gasteiger partial charge in [0.05, 0.1) is 12.5 Å². The largest absolute Gasteiger partial charge is 0.198 e. The number of rotatable bonds is 2. The maximum absolute atomic E-state index is 9.12. The van der Waals surface area contributed by atoms with Gasteiger partial charge >= 0.3 is 0 Å². The van der Waals surface area contributed by atoms with Crippen LogP contribution < -0.4 is 0 Å². The second kappa shape index (κ2) is 4.53. The van der Waals surface area contributed by atoms with E-state index >= 15 is 0 Å². The summed E-state index contributed by atoms with van der Waals surface area (Å²) >= 11 is 0. The lowest BCUT2D eigenvalue weighted by atomic mass is 9.69. The molecule has 2 aliphatic rings. The summed E-state index contributed by atoms with van der Waals surface area (Å²) in [5.41, 5.74) is 4.48. The molecule has 1 saturated carbocycles. The predicted molar refractivity (Wildman–Crippen MR) is 77.6 cm³/mol. The van der Waals surface area contributed by atoms with E-state index in [9.17, 15) is 0 Å². The van der Waals surface area contributed by atoms with Crippen molar-refractivity contribution in [1.82, 2.24) is 0 Å². The highest BCUT2D eigenvalue weighted by molar-refractivity contribution is 5.45. The molecular weight excluding hydrogens is 230 g/mol. The summed E-state index contributed by atoms with van der Waals surface area (Å²) in [4.78, 5) is 0. The molecule has 98 valence electrons. The molecule has 0 N–H and O–H groups in total. The average Bonchev–Trinajstić information content (AvgIpc) is 2.99. The van der Waals surface area contributed by atoms with Gasteiger partial charge in [0, 0.05) is 5.41 Å². The Morgan fingerprint density at radius 3 is 2.68 bits per heavy atom. The van der Waals surface area contributed by atoms with Crippen LogP contribution in [0.15, 0.2) is 41.5 Å². The van der Waals surface area contributed by atoms with E-state index in [0.29, 0.717) is 18.3 Å². The summed E-state index contributed by atoms with van der Waals surface area (Å²) in [6.45, 7) is 4.66. The van der Waals surface area contributed by atoms with E-state index in [1.165, 1.54) is 36.0 Å². The van der Waals surface area contributed by atoms with Crippen molar-refractivity contribution in [2.75, 3.05) is 0 Å². The van der Waals surface area contributed by atoms with Crippen molar-refractivity contribution in [2.45, 2.75) is 44.9 Å². The number of nitrogens with zero attached hydrogens (tertiary/aromatic N) is 1. The van der Waals surface area contributed by atoms with Crippen molar-refractivity contribution in [3.8, 4) is 6.07 Å². The molecule has 0 unspecified atom stereocenters.